The van der Waals surface area contributed by atoms with Crippen LogP contribution in [0.15, 0.2) is 18.5 Å². The Hall–Kier alpha value is -1.62. The molecule has 20 heavy (non-hydrogen) atoms. The molecule has 0 fully saturated rings. The molecular weight excluding hydrogens is 250 g/mol. The predicted molar refractivity (Wildman–Crippen MR) is 80.6 cm³/mol. The van der Waals surface area contributed by atoms with Crippen molar-refractivity contribution in [1.29, 1.82) is 0 Å². The van der Waals surface area contributed by atoms with Gasteiger partial charge in [0.05, 0.1) is 11.7 Å². The van der Waals surface area contributed by atoms with E-state index < -0.39 is 0 Å². The van der Waals surface area contributed by atoms with E-state index in [-0.39, 0.29) is 0 Å². The van der Waals surface area contributed by atoms with Crippen molar-refractivity contribution in [2.24, 2.45) is 0 Å². The summed E-state index contributed by atoms with van der Waals surface area (Å²) in [6, 6.07) is 2.63. The van der Waals surface area contributed by atoms with E-state index in [0.29, 0.717) is 12.1 Å². The summed E-state index contributed by atoms with van der Waals surface area (Å²) >= 11 is 0. The lowest BCUT2D eigenvalue weighted by atomic mass is 10.1. The molecule has 2 heterocycles. The molecule has 110 valence electrons. The van der Waals surface area contributed by atoms with Crippen LogP contribution in [0, 0.1) is 13.8 Å². The number of nitrogens with zero attached hydrogens (tertiary/aromatic N) is 4. The first kappa shape index (κ1) is 14.8. The van der Waals surface area contributed by atoms with Gasteiger partial charge in [0, 0.05) is 42.8 Å². The maximum absolute atomic E-state index is 4.56. The molecule has 5 heteroatoms. The van der Waals surface area contributed by atoms with Crippen LogP contribution in [0.25, 0.3) is 0 Å². The standard InChI is InChI=1S/C15H25N5/c1-6-19-14(5)15(12(3)18-19)10-16-11(2)13(4)20-9-7-8-17-20/h7-9,11,13,16H,6,10H2,1-5H3/t11-,13-/m1/s1. The fraction of sp³-hybridized carbons (Fsp3) is 0.600. The molecule has 0 amide bonds. The quantitative estimate of drug-likeness (QED) is 0.881. The Bertz CT molecular complexity index is 541. The summed E-state index contributed by atoms with van der Waals surface area (Å²) in [5, 5.41) is 12.5. The number of aromatic nitrogens is 4. The summed E-state index contributed by atoms with van der Waals surface area (Å²) < 4.78 is 4.06. The minimum absolute atomic E-state index is 0.326. The van der Waals surface area contributed by atoms with Crippen LogP contribution in [-0.2, 0) is 13.1 Å². The first-order valence-corrected chi connectivity index (χ1v) is 7.30. The van der Waals surface area contributed by atoms with Crippen molar-refractivity contribution < 1.29 is 0 Å². The van der Waals surface area contributed by atoms with E-state index >= 15 is 0 Å². The highest BCUT2D eigenvalue weighted by Gasteiger charge is 2.16. The van der Waals surface area contributed by atoms with Crippen molar-refractivity contribution in [1.82, 2.24) is 24.9 Å². The molecule has 0 saturated carbocycles. The zero-order chi connectivity index (χ0) is 14.7. The number of nitrogens with one attached hydrogen (secondary N) is 1. The van der Waals surface area contributed by atoms with Gasteiger partial charge in [-0.05, 0) is 40.7 Å². The lowest BCUT2D eigenvalue weighted by molar-refractivity contribution is 0.364. The number of rotatable bonds is 6. The summed E-state index contributed by atoms with van der Waals surface area (Å²) in [5.41, 5.74) is 3.69. The van der Waals surface area contributed by atoms with E-state index in [1.54, 1.807) is 0 Å². The third-order valence-corrected chi connectivity index (χ3v) is 4.10. The van der Waals surface area contributed by atoms with Gasteiger partial charge in [-0.1, -0.05) is 0 Å². The van der Waals surface area contributed by atoms with Crippen LogP contribution < -0.4 is 5.32 Å². The van der Waals surface area contributed by atoms with Crippen LogP contribution >= 0.6 is 0 Å². The second kappa shape index (κ2) is 6.22. The number of hydrogen-bond donors (Lipinski definition) is 1. The molecule has 0 saturated heterocycles. The second-order valence-corrected chi connectivity index (χ2v) is 5.36. The average molecular weight is 275 g/mol. The summed E-state index contributed by atoms with van der Waals surface area (Å²) in [6.45, 7) is 12.5. The summed E-state index contributed by atoms with van der Waals surface area (Å²) in [6.07, 6.45) is 3.83. The zero-order valence-electron chi connectivity index (χ0n) is 13.1. The maximum Gasteiger partial charge on any atom is 0.0641 e. The first-order chi connectivity index (χ1) is 9.54. The van der Waals surface area contributed by atoms with Crippen LogP contribution in [0.5, 0.6) is 0 Å². The molecule has 0 bridgehead atoms. The predicted octanol–water partition coefficient (Wildman–Crippen LogP) is 2.46. The van der Waals surface area contributed by atoms with Crippen LogP contribution in [0.4, 0.5) is 0 Å². The molecule has 2 aromatic heterocycles. The molecule has 0 unspecified atom stereocenters. The third kappa shape index (κ3) is 2.93. The third-order valence-electron chi connectivity index (χ3n) is 4.10. The molecule has 0 aliphatic heterocycles. The Balaban J connectivity index is 2.00. The van der Waals surface area contributed by atoms with Crippen molar-refractivity contribution in [3.8, 4) is 0 Å². The highest BCUT2D eigenvalue weighted by molar-refractivity contribution is 5.24. The fourth-order valence-electron chi connectivity index (χ4n) is 2.48. The lowest BCUT2D eigenvalue weighted by Crippen LogP contribution is -2.33. The lowest BCUT2D eigenvalue weighted by Gasteiger charge is -2.22. The average Bonchev–Trinajstić information content (AvgIpc) is 3.05. The van der Waals surface area contributed by atoms with Crippen molar-refractivity contribution in [2.45, 2.75) is 59.8 Å². The molecule has 5 nitrogen and oxygen atoms in total. The van der Waals surface area contributed by atoms with Gasteiger partial charge in [0.25, 0.3) is 0 Å². The number of hydrogen-bond acceptors (Lipinski definition) is 3. The van der Waals surface area contributed by atoms with Crippen LogP contribution in [-0.4, -0.2) is 25.6 Å². The Morgan fingerprint density at radius 3 is 2.60 bits per heavy atom. The normalized spacial score (nSPS) is 14.4. The molecule has 1 N–H and O–H groups in total. The van der Waals surface area contributed by atoms with Gasteiger partial charge >= 0.3 is 0 Å². The van der Waals surface area contributed by atoms with Crippen LogP contribution in [0.1, 0.15) is 43.8 Å². The van der Waals surface area contributed by atoms with Gasteiger partial charge in [0.2, 0.25) is 0 Å². The van der Waals surface area contributed by atoms with Gasteiger partial charge in [-0.2, -0.15) is 10.2 Å². The van der Waals surface area contributed by atoms with E-state index in [0.717, 1.165) is 18.8 Å². The molecule has 0 aliphatic rings. The summed E-state index contributed by atoms with van der Waals surface area (Å²) in [4.78, 5) is 0. The summed E-state index contributed by atoms with van der Waals surface area (Å²) in [5.74, 6) is 0. The van der Waals surface area contributed by atoms with Gasteiger partial charge in [-0.25, -0.2) is 0 Å². The van der Waals surface area contributed by atoms with E-state index in [4.69, 9.17) is 0 Å². The Labute approximate surface area is 121 Å². The second-order valence-electron chi connectivity index (χ2n) is 5.36. The molecule has 0 aromatic carbocycles. The van der Waals surface area contributed by atoms with Crippen LogP contribution in [0.2, 0.25) is 0 Å². The van der Waals surface area contributed by atoms with E-state index in [1.807, 2.05) is 23.1 Å². The molecule has 2 aromatic rings. The maximum atomic E-state index is 4.56. The molecular formula is C15H25N5. The molecule has 0 radical (unpaired) electrons. The van der Waals surface area contributed by atoms with Crippen molar-refractivity contribution in [2.75, 3.05) is 0 Å². The highest BCUT2D eigenvalue weighted by atomic mass is 15.3. The van der Waals surface area contributed by atoms with Gasteiger partial charge in [-0.3, -0.25) is 9.36 Å². The monoisotopic (exact) mass is 275 g/mol. The fourth-order valence-corrected chi connectivity index (χ4v) is 2.48. The SMILES string of the molecule is CCn1nc(C)c(CN[C@H](C)[C@@H](C)n2cccn2)c1C. The van der Waals surface area contributed by atoms with Gasteiger partial charge in [0.15, 0.2) is 0 Å². The molecule has 0 spiro atoms. The van der Waals surface area contributed by atoms with E-state index in [2.05, 4.69) is 54.8 Å². The first-order valence-electron chi connectivity index (χ1n) is 7.30. The smallest absolute Gasteiger partial charge is 0.0641 e. The van der Waals surface area contributed by atoms with Crippen molar-refractivity contribution in [3.63, 3.8) is 0 Å². The highest BCUT2D eigenvalue weighted by Crippen LogP contribution is 2.15. The minimum Gasteiger partial charge on any atom is -0.308 e. The van der Waals surface area contributed by atoms with E-state index in [1.165, 1.54) is 11.3 Å². The van der Waals surface area contributed by atoms with Gasteiger partial charge in [0.1, 0.15) is 0 Å². The van der Waals surface area contributed by atoms with Gasteiger partial charge in [-0.15, -0.1) is 0 Å². The minimum atomic E-state index is 0.326. The van der Waals surface area contributed by atoms with Gasteiger partial charge < -0.3 is 5.32 Å². The Morgan fingerprint density at radius 1 is 1.30 bits per heavy atom. The molecule has 2 atom stereocenters. The Kier molecular flexibility index (Phi) is 4.60. The summed E-state index contributed by atoms with van der Waals surface area (Å²) in [7, 11) is 0. The van der Waals surface area contributed by atoms with E-state index in [9.17, 15) is 0 Å². The Morgan fingerprint density at radius 2 is 2.05 bits per heavy atom. The number of aryl methyl sites for hydroxylation is 2. The van der Waals surface area contributed by atoms with Crippen molar-refractivity contribution in [3.05, 3.63) is 35.4 Å². The topological polar surface area (TPSA) is 47.7 Å². The van der Waals surface area contributed by atoms with Crippen molar-refractivity contribution >= 4 is 0 Å². The van der Waals surface area contributed by atoms with Crippen LogP contribution in [0.3, 0.4) is 0 Å². The largest absolute Gasteiger partial charge is 0.308 e. The zero-order valence-corrected chi connectivity index (χ0v) is 13.1. The molecule has 0 aliphatic carbocycles. The molecule has 2 rings (SSSR count).